The Labute approximate surface area is 140 Å². The van der Waals surface area contributed by atoms with E-state index in [1.807, 2.05) is 17.0 Å². The number of benzene rings is 1. The number of aromatic amines is 1. The van der Waals surface area contributed by atoms with Gasteiger partial charge in [0.2, 0.25) is 5.56 Å². The number of hydrogen-bond donors (Lipinski definition) is 2. The number of aryl methyl sites for hydroxylation is 1. The Bertz CT molecular complexity index is 829. The number of carbonyl (C=O) groups excluding carboxylic acids is 1. The molecule has 0 unspecified atom stereocenters. The lowest BCUT2D eigenvalue weighted by atomic mass is 9.87. The van der Waals surface area contributed by atoms with Crippen molar-refractivity contribution >= 4 is 5.91 Å². The molecule has 0 radical (unpaired) electrons. The maximum atomic E-state index is 13.1. The van der Waals surface area contributed by atoms with E-state index in [1.54, 1.807) is 12.1 Å². The average Bonchev–Trinajstić information content (AvgIpc) is 3.16. The number of nitrogens with zero attached hydrogens (tertiary/aromatic N) is 1. The summed E-state index contributed by atoms with van der Waals surface area (Å²) >= 11 is 0. The Morgan fingerprint density at radius 1 is 1.12 bits per heavy atom. The van der Waals surface area contributed by atoms with Gasteiger partial charge in [0.05, 0.1) is 6.04 Å². The van der Waals surface area contributed by atoms with E-state index < -0.39 is 0 Å². The van der Waals surface area contributed by atoms with Crippen molar-refractivity contribution in [1.29, 1.82) is 0 Å². The topological polar surface area (TPSA) is 65.2 Å². The molecule has 2 aromatic rings. The van der Waals surface area contributed by atoms with E-state index in [1.165, 1.54) is 17.2 Å². The first-order chi connectivity index (χ1) is 11.6. The van der Waals surface area contributed by atoms with Gasteiger partial charge >= 0.3 is 0 Å². The number of nitrogens with one attached hydrogen (secondary N) is 2. The van der Waals surface area contributed by atoms with E-state index in [9.17, 15) is 9.59 Å². The van der Waals surface area contributed by atoms with Gasteiger partial charge in [-0.15, -0.1) is 0 Å². The van der Waals surface area contributed by atoms with Crippen LogP contribution in [0.5, 0.6) is 0 Å². The number of pyridine rings is 1. The monoisotopic (exact) mass is 323 g/mol. The second-order valence-electron chi connectivity index (χ2n) is 6.77. The Kier molecular flexibility index (Phi) is 3.73. The number of likely N-dealkylation sites (tertiary alicyclic amines) is 1. The second kappa shape index (κ2) is 5.91. The Balaban J connectivity index is 1.74. The normalized spacial score (nSPS) is 25.7. The fourth-order valence-electron chi connectivity index (χ4n) is 4.17. The quantitative estimate of drug-likeness (QED) is 0.884. The van der Waals surface area contributed by atoms with E-state index in [0.717, 1.165) is 19.6 Å². The smallest absolute Gasteiger partial charge is 0.270 e. The van der Waals surface area contributed by atoms with Crippen molar-refractivity contribution in [3.63, 3.8) is 0 Å². The van der Waals surface area contributed by atoms with E-state index in [4.69, 9.17) is 0 Å². The standard InChI is InChI=1S/C19H21N3O2/c1-12-5-2-3-6-14(12)18-15-10-20-9-13(15)11-22(18)19(24)16-7-4-8-17(23)21-16/h2-8,13,15,18,20H,9-11H2,1H3,(H,21,23)/t13-,15-,18-/m0/s1. The highest BCUT2D eigenvalue weighted by atomic mass is 16.2. The molecule has 3 atom stereocenters. The number of aromatic nitrogens is 1. The molecule has 2 aliphatic rings. The second-order valence-corrected chi connectivity index (χ2v) is 6.77. The van der Waals surface area contributed by atoms with Crippen LogP contribution in [0.3, 0.4) is 0 Å². The van der Waals surface area contributed by atoms with Crippen LogP contribution in [0.4, 0.5) is 0 Å². The van der Waals surface area contributed by atoms with Gasteiger partial charge in [-0.05, 0) is 30.0 Å². The number of H-pyrrole nitrogens is 1. The largest absolute Gasteiger partial charge is 0.330 e. The summed E-state index contributed by atoms with van der Waals surface area (Å²) in [6.07, 6.45) is 0. The number of amides is 1. The summed E-state index contributed by atoms with van der Waals surface area (Å²) in [5.74, 6) is 0.801. The maximum absolute atomic E-state index is 13.1. The lowest BCUT2D eigenvalue weighted by molar-refractivity contribution is 0.0707. The third-order valence-corrected chi connectivity index (χ3v) is 5.33. The van der Waals surface area contributed by atoms with E-state index in [2.05, 4.69) is 29.4 Å². The molecule has 4 rings (SSSR count). The molecule has 2 saturated heterocycles. The predicted molar refractivity (Wildman–Crippen MR) is 91.9 cm³/mol. The summed E-state index contributed by atoms with van der Waals surface area (Å²) in [4.78, 5) is 29.3. The van der Waals surface area contributed by atoms with E-state index in [-0.39, 0.29) is 17.5 Å². The molecule has 2 aliphatic heterocycles. The summed E-state index contributed by atoms with van der Waals surface area (Å²) in [5.41, 5.74) is 2.54. The molecule has 0 saturated carbocycles. The number of hydrogen-bond acceptors (Lipinski definition) is 3. The summed E-state index contributed by atoms with van der Waals surface area (Å²) in [6, 6.07) is 13.1. The van der Waals surface area contributed by atoms with Crippen molar-refractivity contribution in [3.05, 3.63) is 69.6 Å². The first-order valence-corrected chi connectivity index (χ1v) is 8.41. The minimum absolute atomic E-state index is 0.0578. The molecule has 1 aromatic carbocycles. The molecule has 1 aromatic heterocycles. The van der Waals surface area contributed by atoms with Crippen molar-refractivity contribution in [3.8, 4) is 0 Å². The minimum atomic E-state index is -0.241. The van der Waals surface area contributed by atoms with Crippen LogP contribution in [-0.2, 0) is 0 Å². The summed E-state index contributed by atoms with van der Waals surface area (Å²) in [7, 11) is 0. The van der Waals surface area contributed by atoms with Gasteiger partial charge in [0, 0.05) is 31.6 Å². The lowest BCUT2D eigenvalue weighted by Crippen LogP contribution is -2.36. The lowest BCUT2D eigenvalue weighted by Gasteiger charge is -2.29. The molecule has 5 heteroatoms. The molecule has 2 N–H and O–H groups in total. The molecule has 2 fully saturated rings. The molecule has 0 aliphatic carbocycles. The minimum Gasteiger partial charge on any atom is -0.330 e. The molecule has 0 spiro atoms. The van der Waals surface area contributed by atoms with Gasteiger partial charge < -0.3 is 15.2 Å². The van der Waals surface area contributed by atoms with Gasteiger partial charge in [-0.25, -0.2) is 0 Å². The van der Waals surface area contributed by atoms with Gasteiger partial charge in [-0.1, -0.05) is 30.3 Å². The first kappa shape index (κ1) is 15.1. The number of fused-ring (bicyclic) bond motifs is 1. The molecule has 5 nitrogen and oxygen atoms in total. The molecule has 3 heterocycles. The fourth-order valence-corrected chi connectivity index (χ4v) is 4.17. The Hall–Kier alpha value is -2.40. The van der Waals surface area contributed by atoms with Crippen LogP contribution in [0.2, 0.25) is 0 Å². The molecule has 0 bridgehead atoms. The molecular formula is C19H21N3O2. The average molecular weight is 323 g/mol. The zero-order chi connectivity index (χ0) is 16.7. The van der Waals surface area contributed by atoms with Crippen molar-refractivity contribution in [1.82, 2.24) is 15.2 Å². The molecular weight excluding hydrogens is 302 g/mol. The van der Waals surface area contributed by atoms with Crippen molar-refractivity contribution in [2.45, 2.75) is 13.0 Å². The Morgan fingerprint density at radius 3 is 2.75 bits per heavy atom. The van der Waals surface area contributed by atoms with Crippen molar-refractivity contribution in [2.75, 3.05) is 19.6 Å². The van der Waals surface area contributed by atoms with Crippen LogP contribution in [0.25, 0.3) is 0 Å². The highest BCUT2D eigenvalue weighted by Gasteiger charge is 2.47. The highest BCUT2D eigenvalue weighted by molar-refractivity contribution is 5.92. The number of rotatable bonds is 2. The highest BCUT2D eigenvalue weighted by Crippen LogP contribution is 2.43. The van der Waals surface area contributed by atoms with Gasteiger partial charge in [0.15, 0.2) is 0 Å². The third kappa shape index (κ3) is 2.45. The fraction of sp³-hybridized carbons (Fsp3) is 0.368. The summed E-state index contributed by atoms with van der Waals surface area (Å²) in [6.45, 7) is 4.70. The van der Waals surface area contributed by atoms with Crippen LogP contribution in [0.15, 0.2) is 47.3 Å². The third-order valence-electron chi connectivity index (χ3n) is 5.33. The predicted octanol–water partition coefficient (Wildman–Crippen LogP) is 1.72. The zero-order valence-electron chi connectivity index (χ0n) is 13.7. The van der Waals surface area contributed by atoms with Crippen molar-refractivity contribution in [2.24, 2.45) is 11.8 Å². The van der Waals surface area contributed by atoms with Crippen LogP contribution in [-0.4, -0.2) is 35.4 Å². The van der Waals surface area contributed by atoms with Crippen LogP contribution in [0, 0.1) is 18.8 Å². The molecule has 1 amide bonds. The van der Waals surface area contributed by atoms with Crippen LogP contribution >= 0.6 is 0 Å². The summed E-state index contributed by atoms with van der Waals surface area (Å²) in [5, 5.41) is 3.46. The van der Waals surface area contributed by atoms with E-state index >= 15 is 0 Å². The Morgan fingerprint density at radius 2 is 1.96 bits per heavy atom. The molecule has 124 valence electrons. The van der Waals surface area contributed by atoms with Gasteiger partial charge in [-0.2, -0.15) is 0 Å². The zero-order valence-corrected chi connectivity index (χ0v) is 13.7. The molecule has 24 heavy (non-hydrogen) atoms. The number of carbonyl (C=O) groups is 1. The van der Waals surface area contributed by atoms with Gasteiger partial charge in [-0.3, -0.25) is 9.59 Å². The summed E-state index contributed by atoms with van der Waals surface area (Å²) < 4.78 is 0. The maximum Gasteiger partial charge on any atom is 0.270 e. The van der Waals surface area contributed by atoms with Crippen LogP contribution in [0.1, 0.15) is 27.7 Å². The first-order valence-electron chi connectivity index (χ1n) is 8.41. The van der Waals surface area contributed by atoms with E-state index in [0.29, 0.717) is 17.5 Å². The van der Waals surface area contributed by atoms with Crippen molar-refractivity contribution < 1.29 is 4.79 Å². The van der Waals surface area contributed by atoms with Gasteiger partial charge in [0.25, 0.3) is 5.91 Å². The van der Waals surface area contributed by atoms with Crippen LogP contribution < -0.4 is 10.9 Å². The SMILES string of the molecule is Cc1ccccc1[C@H]1[C@H]2CNC[C@H]2CN1C(=O)c1cccc(=O)[nH]1. The van der Waals surface area contributed by atoms with Gasteiger partial charge in [0.1, 0.15) is 5.69 Å².